The first-order valence-corrected chi connectivity index (χ1v) is 5.93. The van der Waals surface area contributed by atoms with Crippen LogP contribution >= 0.6 is 11.3 Å². The number of nitrogens with zero attached hydrogens (tertiary/aromatic N) is 1. The van der Waals surface area contributed by atoms with Gasteiger partial charge in [-0.25, -0.2) is 0 Å². The van der Waals surface area contributed by atoms with Crippen molar-refractivity contribution >= 4 is 17.6 Å². The molecule has 0 N–H and O–H groups in total. The molecule has 2 aromatic rings. The van der Waals surface area contributed by atoms with E-state index in [0.717, 1.165) is 30.6 Å². The molecule has 0 saturated heterocycles. The normalized spacial score (nSPS) is 10.5. The quantitative estimate of drug-likeness (QED) is 0.722. The van der Waals surface area contributed by atoms with Gasteiger partial charge in [0.1, 0.15) is 0 Å². The zero-order valence-electron chi connectivity index (χ0n) is 8.64. The van der Waals surface area contributed by atoms with E-state index >= 15 is 0 Å². The second kappa shape index (κ2) is 4.45. The number of carbonyl (C=O) groups excluding carboxylic acids is 1. The second-order valence-corrected chi connectivity index (χ2v) is 4.34. The van der Waals surface area contributed by atoms with Crippen molar-refractivity contribution in [3.05, 3.63) is 35.3 Å². The Kier molecular flexibility index (Phi) is 3.02. The molecule has 0 aliphatic heterocycles. The van der Waals surface area contributed by atoms with Crippen LogP contribution in [0.2, 0.25) is 0 Å². The van der Waals surface area contributed by atoms with Crippen LogP contribution in [-0.2, 0) is 6.54 Å². The molecule has 2 aromatic heterocycles. The Balaban J connectivity index is 2.47. The van der Waals surface area contributed by atoms with Crippen LogP contribution in [0.15, 0.2) is 29.6 Å². The van der Waals surface area contributed by atoms with Crippen molar-refractivity contribution in [2.24, 2.45) is 0 Å². The maximum atomic E-state index is 10.9. The smallest absolute Gasteiger partial charge is 0.166 e. The van der Waals surface area contributed by atoms with E-state index in [9.17, 15) is 4.79 Å². The van der Waals surface area contributed by atoms with E-state index < -0.39 is 0 Å². The van der Waals surface area contributed by atoms with Gasteiger partial charge in [0.25, 0.3) is 0 Å². The molecule has 15 heavy (non-hydrogen) atoms. The molecule has 0 spiro atoms. The summed E-state index contributed by atoms with van der Waals surface area (Å²) in [6, 6.07) is 8.02. The molecule has 0 atom stereocenters. The Labute approximate surface area is 93.2 Å². The Morgan fingerprint density at radius 2 is 2.27 bits per heavy atom. The van der Waals surface area contributed by atoms with Crippen LogP contribution in [0.25, 0.3) is 10.6 Å². The van der Waals surface area contributed by atoms with E-state index in [0.29, 0.717) is 0 Å². The maximum Gasteiger partial charge on any atom is 0.166 e. The van der Waals surface area contributed by atoms with E-state index in [1.54, 1.807) is 11.3 Å². The molecule has 2 nitrogen and oxygen atoms in total. The molecule has 0 aromatic carbocycles. The van der Waals surface area contributed by atoms with Crippen molar-refractivity contribution in [3.8, 4) is 10.6 Å². The van der Waals surface area contributed by atoms with E-state index in [4.69, 9.17) is 0 Å². The van der Waals surface area contributed by atoms with Crippen LogP contribution in [0, 0.1) is 0 Å². The lowest BCUT2D eigenvalue weighted by molar-refractivity contribution is 0.111. The van der Waals surface area contributed by atoms with Gasteiger partial charge in [0.2, 0.25) is 0 Å². The highest BCUT2D eigenvalue weighted by atomic mass is 32.1. The van der Waals surface area contributed by atoms with Crippen LogP contribution in [0.4, 0.5) is 0 Å². The summed E-state index contributed by atoms with van der Waals surface area (Å²) in [5, 5.41) is 2.05. The minimum Gasteiger partial charge on any atom is -0.338 e. The molecule has 78 valence electrons. The van der Waals surface area contributed by atoms with Crippen LogP contribution in [0.1, 0.15) is 23.8 Å². The minimum absolute atomic E-state index is 0.764. The minimum atomic E-state index is 0.764. The summed E-state index contributed by atoms with van der Waals surface area (Å²) < 4.78 is 2.08. The Bertz CT molecular complexity index is 442. The van der Waals surface area contributed by atoms with Crippen molar-refractivity contribution in [3.63, 3.8) is 0 Å². The first-order chi connectivity index (χ1) is 7.36. The predicted octanol–water partition coefficient (Wildman–Crippen LogP) is 3.44. The Hall–Kier alpha value is -1.35. The first kappa shape index (κ1) is 10.2. The molecular formula is C12H13NOS. The van der Waals surface area contributed by atoms with E-state index in [2.05, 4.69) is 22.9 Å². The summed E-state index contributed by atoms with van der Waals surface area (Å²) >= 11 is 1.70. The SMILES string of the molecule is CCCn1c(C=O)ccc1-c1cccs1. The molecular weight excluding hydrogens is 206 g/mol. The number of hydrogen-bond acceptors (Lipinski definition) is 2. The van der Waals surface area contributed by atoms with Gasteiger partial charge < -0.3 is 4.57 Å². The summed E-state index contributed by atoms with van der Waals surface area (Å²) in [7, 11) is 0. The summed E-state index contributed by atoms with van der Waals surface area (Å²) in [6.45, 7) is 3.01. The van der Waals surface area contributed by atoms with Gasteiger partial charge in [0, 0.05) is 6.54 Å². The van der Waals surface area contributed by atoms with Gasteiger partial charge >= 0.3 is 0 Å². The number of aldehydes is 1. The third-order valence-corrected chi connectivity index (χ3v) is 3.25. The molecule has 0 saturated carbocycles. The lowest BCUT2D eigenvalue weighted by atomic mass is 10.3. The zero-order valence-corrected chi connectivity index (χ0v) is 9.46. The van der Waals surface area contributed by atoms with E-state index in [-0.39, 0.29) is 0 Å². The monoisotopic (exact) mass is 219 g/mol. The van der Waals surface area contributed by atoms with Crippen molar-refractivity contribution < 1.29 is 4.79 Å². The third-order valence-electron chi connectivity index (χ3n) is 2.36. The maximum absolute atomic E-state index is 10.9. The largest absolute Gasteiger partial charge is 0.338 e. The fraction of sp³-hybridized carbons (Fsp3) is 0.250. The van der Waals surface area contributed by atoms with Gasteiger partial charge in [0.05, 0.1) is 16.3 Å². The van der Waals surface area contributed by atoms with Crippen LogP contribution in [0.5, 0.6) is 0 Å². The second-order valence-electron chi connectivity index (χ2n) is 3.39. The molecule has 0 aliphatic carbocycles. The molecule has 2 rings (SSSR count). The number of carbonyl (C=O) groups is 1. The summed E-state index contributed by atoms with van der Waals surface area (Å²) in [4.78, 5) is 12.1. The molecule has 0 aliphatic rings. The molecule has 2 heterocycles. The van der Waals surface area contributed by atoms with Gasteiger partial charge in [-0.2, -0.15) is 0 Å². The van der Waals surface area contributed by atoms with E-state index in [1.807, 2.05) is 18.2 Å². The predicted molar refractivity (Wildman–Crippen MR) is 63.4 cm³/mol. The highest BCUT2D eigenvalue weighted by Gasteiger charge is 2.08. The highest BCUT2D eigenvalue weighted by molar-refractivity contribution is 7.13. The van der Waals surface area contributed by atoms with Gasteiger partial charge in [-0.05, 0) is 30.0 Å². The average Bonchev–Trinajstić information content (AvgIpc) is 2.85. The number of hydrogen-bond donors (Lipinski definition) is 0. The Morgan fingerprint density at radius 1 is 1.40 bits per heavy atom. The summed E-state index contributed by atoms with van der Waals surface area (Å²) in [5.74, 6) is 0. The zero-order chi connectivity index (χ0) is 10.7. The fourth-order valence-electron chi connectivity index (χ4n) is 1.70. The standard InChI is InChI=1S/C12H13NOS/c1-2-7-13-10(9-14)5-6-11(13)12-4-3-8-15-12/h3-6,8-9H,2,7H2,1H3. The Morgan fingerprint density at radius 3 is 2.87 bits per heavy atom. The lowest BCUT2D eigenvalue weighted by Crippen LogP contribution is -2.02. The molecule has 0 unspecified atom stereocenters. The van der Waals surface area contributed by atoms with Gasteiger partial charge in [-0.1, -0.05) is 13.0 Å². The van der Waals surface area contributed by atoms with Crippen molar-refractivity contribution in [2.45, 2.75) is 19.9 Å². The van der Waals surface area contributed by atoms with Gasteiger partial charge in [-0.3, -0.25) is 4.79 Å². The molecule has 0 radical (unpaired) electrons. The first-order valence-electron chi connectivity index (χ1n) is 5.05. The average molecular weight is 219 g/mol. The third kappa shape index (κ3) is 1.88. The fourth-order valence-corrected chi connectivity index (χ4v) is 2.46. The van der Waals surface area contributed by atoms with Crippen LogP contribution in [0.3, 0.4) is 0 Å². The van der Waals surface area contributed by atoms with Crippen LogP contribution < -0.4 is 0 Å². The van der Waals surface area contributed by atoms with Crippen molar-refractivity contribution in [2.75, 3.05) is 0 Å². The van der Waals surface area contributed by atoms with Crippen molar-refractivity contribution in [1.82, 2.24) is 4.57 Å². The van der Waals surface area contributed by atoms with Gasteiger partial charge in [0.15, 0.2) is 6.29 Å². The molecule has 0 amide bonds. The summed E-state index contributed by atoms with van der Waals surface area (Å²) in [6.07, 6.45) is 1.96. The number of rotatable bonds is 4. The highest BCUT2D eigenvalue weighted by Crippen LogP contribution is 2.26. The topological polar surface area (TPSA) is 22.0 Å². The summed E-state index contributed by atoms with van der Waals surface area (Å²) in [5.41, 5.74) is 1.91. The van der Waals surface area contributed by atoms with Crippen LogP contribution in [-0.4, -0.2) is 10.9 Å². The van der Waals surface area contributed by atoms with Crippen molar-refractivity contribution in [1.29, 1.82) is 0 Å². The number of aromatic nitrogens is 1. The molecule has 3 heteroatoms. The lowest BCUT2D eigenvalue weighted by Gasteiger charge is -2.07. The van der Waals surface area contributed by atoms with Gasteiger partial charge in [-0.15, -0.1) is 11.3 Å². The molecule has 0 fully saturated rings. The molecule has 0 bridgehead atoms. The number of thiophene rings is 1. The van der Waals surface area contributed by atoms with E-state index in [1.165, 1.54) is 4.88 Å².